The highest BCUT2D eigenvalue weighted by molar-refractivity contribution is 6.31. The molecule has 1 aromatic heterocycles. The Hall–Kier alpha value is -1.65. The number of halogens is 1. The van der Waals surface area contributed by atoms with Crippen LogP contribution in [0.2, 0.25) is 5.02 Å². The van der Waals surface area contributed by atoms with Crippen LogP contribution in [0.15, 0.2) is 35.5 Å². The molecule has 4 aliphatic rings. The fraction of sp³-hybridized carbons (Fsp3) is 0.474. The summed E-state index contributed by atoms with van der Waals surface area (Å²) in [7, 11) is 0. The van der Waals surface area contributed by atoms with Crippen molar-refractivity contribution >= 4 is 34.0 Å². The van der Waals surface area contributed by atoms with E-state index in [1.54, 1.807) is 0 Å². The number of hydrogen-bond donors (Lipinski definition) is 2. The number of amidine groups is 1. The lowest BCUT2D eigenvalue weighted by Gasteiger charge is -2.49. The molecule has 0 radical (unpaired) electrons. The normalized spacial score (nSPS) is 33.5. The van der Waals surface area contributed by atoms with Crippen molar-refractivity contribution in [3.63, 3.8) is 0 Å². The molecule has 3 saturated carbocycles. The van der Waals surface area contributed by atoms with E-state index in [0.717, 1.165) is 45.7 Å². The summed E-state index contributed by atoms with van der Waals surface area (Å²) >= 11 is 6.04. The molecule has 124 valence electrons. The van der Waals surface area contributed by atoms with Crippen LogP contribution in [0.5, 0.6) is 0 Å². The van der Waals surface area contributed by atoms with Crippen LogP contribution in [-0.2, 0) is 0 Å². The maximum Gasteiger partial charge on any atom is 0.154 e. The van der Waals surface area contributed by atoms with Crippen LogP contribution in [0.4, 0.5) is 5.82 Å². The van der Waals surface area contributed by atoms with Crippen LogP contribution in [-0.4, -0.2) is 16.4 Å². The largest absolute Gasteiger partial charge is 0.309 e. The van der Waals surface area contributed by atoms with Crippen molar-refractivity contribution in [2.75, 3.05) is 0 Å². The number of fused-ring (bicyclic) bond motifs is 3. The molecule has 1 saturated heterocycles. The van der Waals surface area contributed by atoms with Gasteiger partial charge in [-0.3, -0.25) is 0 Å². The third-order valence-corrected chi connectivity index (χ3v) is 6.37. The van der Waals surface area contributed by atoms with E-state index in [9.17, 15) is 0 Å². The van der Waals surface area contributed by atoms with Crippen LogP contribution >= 0.6 is 11.6 Å². The van der Waals surface area contributed by atoms with Gasteiger partial charge in [0, 0.05) is 28.6 Å². The Kier molecular flexibility index (Phi) is 3.32. The van der Waals surface area contributed by atoms with Gasteiger partial charge in [0.1, 0.15) is 5.84 Å². The molecule has 6 rings (SSSR count). The lowest BCUT2D eigenvalue weighted by atomic mass is 9.60. The van der Waals surface area contributed by atoms with Gasteiger partial charge in [-0.25, -0.2) is 15.4 Å². The molecule has 1 spiro atoms. The Morgan fingerprint density at radius 2 is 2.00 bits per heavy atom. The van der Waals surface area contributed by atoms with Crippen LogP contribution in [0.25, 0.3) is 10.8 Å². The van der Waals surface area contributed by atoms with E-state index in [-0.39, 0.29) is 5.54 Å². The third-order valence-electron chi connectivity index (χ3n) is 6.14. The first kappa shape index (κ1) is 14.7. The van der Waals surface area contributed by atoms with E-state index in [4.69, 9.17) is 16.6 Å². The Morgan fingerprint density at radius 1 is 1.12 bits per heavy atom. The lowest BCUT2D eigenvalue weighted by molar-refractivity contribution is 0.0523. The van der Waals surface area contributed by atoms with E-state index in [0.29, 0.717) is 0 Å². The van der Waals surface area contributed by atoms with Crippen LogP contribution in [0.1, 0.15) is 38.5 Å². The second-order valence-electron chi connectivity index (χ2n) is 7.60. The molecule has 4 nitrogen and oxygen atoms in total. The molecular formula is C19H21ClN4. The van der Waals surface area contributed by atoms with Crippen molar-refractivity contribution in [3.8, 4) is 0 Å². The second-order valence-corrected chi connectivity index (χ2v) is 8.03. The van der Waals surface area contributed by atoms with Gasteiger partial charge in [-0.2, -0.15) is 0 Å². The molecule has 0 amide bonds. The van der Waals surface area contributed by atoms with Gasteiger partial charge in [-0.15, -0.1) is 0 Å². The fourth-order valence-corrected chi connectivity index (χ4v) is 5.10. The highest BCUT2D eigenvalue weighted by atomic mass is 35.5. The summed E-state index contributed by atoms with van der Waals surface area (Å²) in [6.07, 6.45) is 9.68. The van der Waals surface area contributed by atoms with Gasteiger partial charge in [-0.1, -0.05) is 30.5 Å². The van der Waals surface area contributed by atoms with E-state index in [1.807, 2.05) is 30.5 Å². The van der Waals surface area contributed by atoms with Gasteiger partial charge in [0.15, 0.2) is 5.82 Å². The van der Waals surface area contributed by atoms with Crippen LogP contribution < -0.4 is 10.9 Å². The van der Waals surface area contributed by atoms with Crippen molar-refractivity contribution in [1.29, 1.82) is 0 Å². The van der Waals surface area contributed by atoms with Crippen molar-refractivity contribution in [3.05, 3.63) is 35.5 Å². The van der Waals surface area contributed by atoms with Crippen molar-refractivity contribution < 1.29 is 0 Å². The number of rotatable bonds is 1. The molecule has 1 unspecified atom stereocenters. The highest BCUT2D eigenvalue weighted by Gasteiger charge is 2.50. The Bertz CT molecular complexity index is 825. The predicted octanol–water partition coefficient (Wildman–Crippen LogP) is 4.37. The minimum absolute atomic E-state index is 0.227. The molecule has 4 fully saturated rings. The number of aliphatic imine (C=N–C) groups is 1. The molecule has 1 aromatic carbocycles. The average molecular weight is 341 g/mol. The van der Waals surface area contributed by atoms with Crippen molar-refractivity contribution in [2.24, 2.45) is 16.8 Å². The van der Waals surface area contributed by atoms with Crippen molar-refractivity contribution in [1.82, 2.24) is 15.8 Å². The minimum atomic E-state index is 0.227. The number of aromatic nitrogens is 1. The Labute approximate surface area is 146 Å². The van der Waals surface area contributed by atoms with Crippen LogP contribution in [0.3, 0.4) is 0 Å². The number of pyridine rings is 1. The summed E-state index contributed by atoms with van der Waals surface area (Å²) in [6.45, 7) is 0. The molecule has 2 N–H and O–H groups in total. The molecular weight excluding hydrogens is 320 g/mol. The zero-order valence-corrected chi connectivity index (χ0v) is 14.3. The lowest BCUT2D eigenvalue weighted by Crippen LogP contribution is -2.55. The Morgan fingerprint density at radius 3 is 2.79 bits per heavy atom. The summed E-state index contributed by atoms with van der Waals surface area (Å²) in [5.41, 5.74) is 7.17. The van der Waals surface area contributed by atoms with Gasteiger partial charge in [0.2, 0.25) is 0 Å². The maximum atomic E-state index is 6.04. The molecule has 1 aliphatic heterocycles. The number of nitrogens with one attached hydrogen (secondary N) is 2. The van der Waals surface area contributed by atoms with E-state index in [1.165, 1.54) is 32.1 Å². The maximum absolute atomic E-state index is 6.04. The summed E-state index contributed by atoms with van der Waals surface area (Å²) < 4.78 is 0. The number of hydrogen-bond acceptors (Lipinski definition) is 3. The zero-order chi connectivity index (χ0) is 16.1. The number of benzene rings is 1. The average Bonchev–Trinajstić information content (AvgIpc) is 2.98. The zero-order valence-electron chi connectivity index (χ0n) is 13.6. The van der Waals surface area contributed by atoms with E-state index in [2.05, 4.69) is 15.8 Å². The Balaban J connectivity index is 1.42. The quantitative estimate of drug-likeness (QED) is 0.810. The summed E-state index contributed by atoms with van der Waals surface area (Å²) in [6, 6.07) is 7.89. The summed E-state index contributed by atoms with van der Waals surface area (Å²) in [5.74, 6) is 3.46. The second kappa shape index (κ2) is 5.43. The van der Waals surface area contributed by atoms with Crippen LogP contribution in [0, 0.1) is 11.8 Å². The first-order chi connectivity index (χ1) is 11.7. The predicted molar refractivity (Wildman–Crippen MR) is 97.5 cm³/mol. The highest BCUT2D eigenvalue weighted by Crippen LogP contribution is 2.49. The van der Waals surface area contributed by atoms with Gasteiger partial charge in [0.05, 0.1) is 0 Å². The molecule has 3 aliphatic carbocycles. The van der Waals surface area contributed by atoms with Gasteiger partial charge in [0.25, 0.3) is 0 Å². The SMILES string of the molecule is Clc1ccc2cc(N=C3CC4(CC5CCC4CC5)NN3)ncc2c1. The minimum Gasteiger partial charge on any atom is -0.309 e. The molecule has 2 aromatic rings. The summed E-state index contributed by atoms with van der Waals surface area (Å²) in [4.78, 5) is 9.24. The molecule has 1 atom stereocenters. The van der Waals surface area contributed by atoms with Gasteiger partial charge in [-0.05, 0) is 54.7 Å². The smallest absolute Gasteiger partial charge is 0.154 e. The molecule has 5 heteroatoms. The molecule has 2 bridgehead atoms. The first-order valence-corrected chi connectivity index (χ1v) is 9.24. The number of nitrogens with zero attached hydrogens (tertiary/aromatic N) is 2. The van der Waals surface area contributed by atoms with E-state index < -0.39 is 0 Å². The molecule has 2 heterocycles. The first-order valence-electron chi connectivity index (χ1n) is 8.86. The third kappa shape index (κ3) is 2.40. The number of hydrazine groups is 1. The molecule has 24 heavy (non-hydrogen) atoms. The monoisotopic (exact) mass is 340 g/mol. The van der Waals surface area contributed by atoms with Crippen molar-refractivity contribution in [2.45, 2.75) is 44.1 Å². The summed E-state index contributed by atoms with van der Waals surface area (Å²) in [5, 5.41) is 2.90. The van der Waals surface area contributed by atoms with Gasteiger partial charge < -0.3 is 5.43 Å². The van der Waals surface area contributed by atoms with Gasteiger partial charge >= 0.3 is 0 Å². The standard InChI is InChI=1S/C19H21ClN4/c20-16-6-3-13-8-17(21-11-14(13)7-16)22-18-10-19(24-23-18)9-12-1-4-15(19)5-2-12/h3,6-8,11-12,15,24H,1-2,4-5,9-10H2,(H,21,22,23). The topological polar surface area (TPSA) is 49.3 Å². The fourth-order valence-electron chi connectivity index (χ4n) is 4.92. The van der Waals surface area contributed by atoms with E-state index >= 15 is 0 Å².